The van der Waals surface area contributed by atoms with Gasteiger partial charge in [0.25, 0.3) is 0 Å². The Balaban J connectivity index is 3.44. The number of nitrogens with two attached hydrogens (primary N) is 1. The first-order valence-electron chi connectivity index (χ1n) is 3.95. The lowest BCUT2D eigenvalue weighted by Gasteiger charge is -2.12. The Kier molecular flexibility index (Phi) is 3.51. The van der Waals surface area contributed by atoms with E-state index in [1.54, 1.807) is 5.32 Å². The van der Waals surface area contributed by atoms with Gasteiger partial charge in [-0.2, -0.15) is 13.2 Å². The maximum Gasteiger partial charge on any atom is 0.419 e. The molecular weight excluding hydrogens is 270 g/mol. The largest absolute Gasteiger partial charge is 0.419 e. The number of hydrogen-bond acceptors (Lipinski definition) is 1. The van der Waals surface area contributed by atoms with E-state index in [9.17, 15) is 26.3 Å². The molecule has 1 aromatic rings. The monoisotopic (exact) mass is 274 g/mol. The fourth-order valence-electron chi connectivity index (χ4n) is 1.03. The van der Waals surface area contributed by atoms with Crippen LogP contribution in [0.3, 0.4) is 0 Å². The van der Waals surface area contributed by atoms with Crippen LogP contribution in [0.15, 0.2) is 6.07 Å². The van der Waals surface area contributed by atoms with Gasteiger partial charge in [0.1, 0.15) is 0 Å². The fraction of sp³-hybridized carbons (Fsp3) is 0.125. The van der Waals surface area contributed by atoms with Crippen molar-refractivity contribution in [3.05, 3.63) is 29.1 Å². The molecule has 3 N–H and O–H groups in total. The number of halogens is 6. The summed E-state index contributed by atoms with van der Waals surface area (Å²) in [6.07, 6.45) is -5.16. The quantitative estimate of drug-likeness (QED) is 0.470. The number of rotatable bonds is 1. The predicted octanol–water partition coefficient (Wildman–Crippen LogP) is 2.78. The van der Waals surface area contributed by atoms with Crippen LogP contribution in [-0.4, -0.2) is 5.11 Å². The number of alkyl halides is 3. The van der Waals surface area contributed by atoms with Crippen molar-refractivity contribution in [2.75, 3.05) is 5.32 Å². The maximum atomic E-state index is 13.0. The molecule has 0 fully saturated rings. The molecule has 0 aliphatic rings. The number of anilines is 1. The third kappa shape index (κ3) is 2.78. The van der Waals surface area contributed by atoms with Crippen LogP contribution in [0, 0.1) is 17.5 Å². The molecule has 1 aromatic carbocycles. The summed E-state index contributed by atoms with van der Waals surface area (Å²) in [5.41, 5.74) is 1.97. The molecule has 2 nitrogen and oxygen atoms in total. The Labute approximate surface area is 96.4 Å². The summed E-state index contributed by atoms with van der Waals surface area (Å²) in [6.45, 7) is 0. The van der Waals surface area contributed by atoms with Gasteiger partial charge >= 0.3 is 6.18 Å². The van der Waals surface area contributed by atoms with Gasteiger partial charge in [0, 0.05) is 0 Å². The summed E-state index contributed by atoms with van der Waals surface area (Å²) < 4.78 is 75.5. The SMILES string of the molecule is NC(=S)Nc1cc(C(F)(F)F)c(F)c(F)c1F. The van der Waals surface area contributed by atoms with E-state index >= 15 is 0 Å². The molecule has 0 amide bonds. The molecule has 0 bridgehead atoms. The normalized spacial score (nSPS) is 11.4. The van der Waals surface area contributed by atoms with E-state index in [0.29, 0.717) is 0 Å². The van der Waals surface area contributed by atoms with Gasteiger partial charge in [-0.1, -0.05) is 0 Å². The summed E-state index contributed by atoms with van der Waals surface area (Å²) >= 11 is 4.25. The number of nitrogens with one attached hydrogen (secondary N) is 1. The highest BCUT2D eigenvalue weighted by Crippen LogP contribution is 2.35. The number of benzene rings is 1. The molecule has 94 valence electrons. The molecule has 0 saturated heterocycles. The van der Waals surface area contributed by atoms with Gasteiger partial charge in [0.05, 0.1) is 11.3 Å². The molecule has 0 atom stereocenters. The van der Waals surface area contributed by atoms with Gasteiger partial charge in [-0.15, -0.1) is 0 Å². The molecule has 0 unspecified atom stereocenters. The molecule has 0 aromatic heterocycles. The molecule has 0 aliphatic heterocycles. The lowest BCUT2D eigenvalue weighted by atomic mass is 10.1. The molecule has 0 heterocycles. The topological polar surface area (TPSA) is 38.0 Å². The van der Waals surface area contributed by atoms with Crippen molar-refractivity contribution in [2.45, 2.75) is 6.18 Å². The number of hydrogen-bond donors (Lipinski definition) is 2. The zero-order valence-electron chi connectivity index (χ0n) is 7.83. The van der Waals surface area contributed by atoms with Crippen molar-refractivity contribution in [3.8, 4) is 0 Å². The van der Waals surface area contributed by atoms with Crippen LogP contribution in [0.25, 0.3) is 0 Å². The van der Waals surface area contributed by atoms with Crippen LogP contribution in [0.1, 0.15) is 5.56 Å². The van der Waals surface area contributed by atoms with Gasteiger partial charge in [0.2, 0.25) is 0 Å². The van der Waals surface area contributed by atoms with Crippen LogP contribution in [0.2, 0.25) is 0 Å². The fourth-order valence-corrected chi connectivity index (χ4v) is 1.14. The average molecular weight is 274 g/mol. The molecule has 0 radical (unpaired) electrons. The first-order valence-corrected chi connectivity index (χ1v) is 4.36. The lowest BCUT2D eigenvalue weighted by molar-refractivity contribution is -0.140. The van der Waals surface area contributed by atoms with Gasteiger partial charge in [-0.3, -0.25) is 0 Å². The second-order valence-corrected chi connectivity index (χ2v) is 3.34. The molecule has 17 heavy (non-hydrogen) atoms. The molecule has 0 saturated carbocycles. The first kappa shape index (κ1) is 13.6. The van der Waals surface area contributed by atoms with Gasteiger partial charge in [-0.05, 0) is 18.3 Å². The van der Waals surface area contributed by atoms with E-state index in [1.807, 2.05) is 0 Å². The molecule has 1 rings (SSSR count). The van der Waals surface area contributed by atoms with E-state index in [2.05, 4.69) is 12.2 Å². The minimum Gasteiger partial charge on any atom is -0.376 e. The summed E-state index contributed by atoms with van der Waals surface area (Å²) in [6, 6.07) is 0.0485. The molecule has 0 aliphatic carbocycles. The third-order valence-electron chi connectivity index (χ3n) is 1.71. The third-order valence-corrected chi connectivity index (χ3v) is 1.81. The van der Waals surface area contributed by atoms with Crippen molar-refractivity contribution < 1.29 is 26.3 Å². The van der Waals surface area contributed by atoms with Crippen molar-refractivity contribution in [3.63, 3.8) is 0 Å². The summed E-state index contributed by atoms with van der Waals surface area (Å²) in [4.78, 5) is 0. The van der Waals surface area contributed by atoms with E-state index in [4.69, 9.17) is 5.73 Å². The average Bonchev–Trinajstić information content (AvgIpc) is 2.16. The van der Waals surface area contributed by atoms with Crippen molar-refractivity contribution in [2.24, 2.45) is 5.73 Å². The highest BCUT2D eigenvalue weighted by Gasteiger charge is 2.37. The Hall–Kier alpha value is -1.51. The second-order valence-electron chi connectivity index (χ2n) is 2.90. The van der Waals surface area contributed by atoms with Crippen LogP contribution in [0.4, 0.5) is 32.0 Å². The Bertz CT molecular complexity index is 470. The maximum absolute atomic E-state index is 13.0. The van der Waals surface area contributed by atoms with Gasteiger partial charge < -0.3 is 11.1 Å². The van der Waals surface area contributed by atoms with E-state index in [1.165, 1.54) is 0 Å². The Morgan fingerprint density at radius 1 is 1.12 bits per heavy atom. The Morgan fingerprint density at radius 3 is 2.06 bits per heavy atom. The minimum absolute atomic E-state index is 0.0485. The standard InChI is InChI=1S/C8H4F6N2S/c9-4-2(8(12,13)14)1-3(16-7(15)17)5(10)6(4)11/h1H,(H3,15,16,17). The second kappa shape index (κ2) is 4.40. The van der Waals surface area contributed by atoms with Crippen molar-refractivity contribution >= 4 is 23.0 Å². The summed E-state index contributed by atoms with van der Waals surface area (Å²) in [5.74, 6) is -6.40. The molecule has 9 heteroatoms. The van der Waals surface area contributed by atoms with Crippen LogP contribution < -0.4 is 11.1 Å². The zero-order chi connectivity index (χ0) is 13.4. The molecule has 0 spiro atoms. The van der Waals surface area contributed by atoms with Crippen LogP contribution in [-0.2, 0) is 6.18 Å². The Morgan fingerprint density at radius 2 is 1.65 bits per heavy atom. The van der Waals surface area contributed by atoms with Gasteiger partial charge in [-0.25, -0.2) is 13.2 Å². The van der Waals surface area contributed by atoms with E-state index < -0.39 is 40.0 Å². The number of thiocarbonyl (C=S) groups is 1. The zero-order valence-corrected chi connectivity index (χ0v) is 8.65. The van der Waals surface area contributed by atoms with Crippen LogP contribution >= 0.6 is 12.2 Å². The highest BCUT2D eigenvalue weighted by molar-refractivity contribution is 7.80. The summed E-state index contributed by atoms with van der Waals surface area (Å²) in [5, 5.41) is 1.20. The van der Waals surface area contributed by atoms with Crippen molar-refractivity contribution in [1.29, 1.82) is 0 Å². The predicted molar refractivity (Wildman–Crippen MR) is 51.7 cm³/mol. The molecular formula is C8H4F6N2S. The smallest absolute Gasteiger partial charge is 0.376 e. The van der Waals surface area contributed by atoms with Gasteiger partial charge in [0.15, 0.2) is 22.6 Å². The lowest BCUT2D eigenvalue weighted by Crippen LogP contribution is -2.21. The minimum atomic E-state index is -5.16. The summed E-state index contributed by atoms with van der Waals surface area (Å²) in [7, 11) is 0. The van der Waals surface area contributed by atoms with E-state index in [0.717, 1.165) is 0 Å². The highest BCUT2D eigenvalue weighted by atomic mass is 32.1. The van der Waals surface area contributed by atoms with E-state index in [-0.39, 0.29) is 6.07 Å². The first-order chi connectivity index (χ1) is 7.64. The van der Waals surface area contributed by atoms with Crippen LogP contribution in [0.5, 0.6) is 0 Å². The van der Waals surface area contributed by atoms with Crippen molar-refractivity contribution in [1.82, 2.24) is 0 Å².